The number of hydrogen-bond donors (Lipinski definition) is 2. The number of benzene rings is 2. The van der Waals surface area contributed by atoms with Crippen LogP contribution in [0.5, 0.6) is 0 Å². The Kier molecular flexibility index (Phi) is 7.31. The van der Waals surface area contributed by atoms with E-state index in [1.54, 1.807) is 24.3 Å². The van der Waals surface area contributed by atoms with E-state index in [2.05, 4.69) is 36.6 Å². The number of nitrogens with one attached hydrogen (secondary N) is 2. The van der Waals surface area contributed by atoms with E-state index in [1.165, 1.54) is 17.9 Å². The Labute approximate surface area is 189 Å². The number of carbonyl (C=O) groups excluding carboxylic acids is 2. The fraction of sp³-hybridized carbons (Fsp3) is 0.259. The summed E-state index contributed by atoms with van der Waals surface area (Å²) in [4.78, 5) is 25.8. The van der Waals surface area contributed by atoms with Gasteiger partial charge in [-0.25, -0.2) is 0 Å². The van der Waals surface area contributed by atoms with Gasteiger partial charge < -0.3 is 15.1 Å². The molecule has 0 radical (unpaired) electrons. The van der Waals surface area contributed by atoms with Crippen LogP contribution in [0, 0.1) is 6.92 Å². The molecule has 166 valence electrons. The number of rotatable bonds is 8. The number of amides is 2. The van der Waals surface area contributed by atoms with Crippen LogP contribution < -0.4 is 10.6 Å². The lowest BCUT2D eigenvalue weighted by molar-refractivity contribution is -0.118. The Hall–Kier alpha value is -3.60. The first-order chi connectivity index (χ1) is 15.2. The summed E-state index contributed by atoms with van der Waals surface area (Å²) < 4.78 is 5.35. The molecule has 1 unspecified atom stereocenters. The highest BCUT2D eigenvalue weighted by Crippen LogP contribution is 2.28. The van der Waals surface area contributed by atoms with Crippen molar-refractivity contribution in [2.24, 2.45) is 0 Å². The van der Waals surface area contributed by atoms with Crippen molar-refractivity contribution < 1.29 is 14.0 Å². The van der Waals surface area contributed by atoms with Crippen LogP contribution in [-0.2, 0) is 10.2 Å². The molecule has 32 heavy (non-hydrogen) atoms. The lowest BCUT2D eigenvalue weighted by Gasteiger charge is -2.29. The second-order valence-corrected chi connectivity index (χ2v) is 8.72. The van der Waals surface area contributed by atoms with Crippen LogP contribution >= 0.6 is 0 Å². The molecule has 0 saturated heterocycles. The van der Waals surface area contributed by atoms with Crippen LogP contribution in [0.4, 0.5) is 0 Å². The Balaban J connectivity index is 1.73. The van der Waals surface area contributed by atoms with Gasteiger partial charge in [-0.3, -0.25) is 9.59 Å². The van der Waals surface area contributed by atoms with Gasteiger partial charge in [0.25, 0.3) is 11.8 Å². The van der Waals surface area contributed by atoms with Crippen LogP contribution in [0.3, 0.4) is 0 Å². The van der Waals surface area contributed by atoms with E-state index in [0.717, 1.165) is 12.0 Å². The molecule has 0 aliphatic carbocycles. The second kappa shape index (κ2) is 10.1. The quantitative estimate of drug-likeness (QED) is 0.481. The molecule has 1 aromatic heterocycles. The van der Waals surface area contributed by atoms with Gasteiger partial charge in [0.15, 0.2) is 0 Å². The minimum atomic E-state index is -0.363. The summed E-state index contributed by atoms with van der Waals surface area (Å²) in [6, 6.07) is 20.8. The SMILES string of the molecule is Cc1ccc(C(=O)N/C(=C\c2ccco2)C(=O)NC(C)CC(C)(C)c2ccccc2)cc1. The number of carbonyl (C=O) groups is 2. The molecule has 3 aromatic rings. The molecule has 0 aliphatic rings. The summed E-state index contributed by atoms with van der Waals surface area (Å²) in [5.74, 6) is -0.231. The van der Waals surface area contributed by atoms with Crippen LogP contribution in [0.15, 0.2) is 83.1 Å². The van der Waals surface area contributed by atoms with Gasteiger partial charge >= 0.3 is 0 Å². The standard InChI is InChI=1S/C27H30N2O3/c1-19-12-14-21(15-13-19)25(30)29-24(17-23-11-8-16-32-23)26(31)28-20(2)18-27(3,4)22-9-6-5-7-10-22/h5-17,20H,18H2,1-4H3,(H,28,31)(H,29,30)/b24-17-. The molecule has 0 spiro atoms. The van der Waals surface area contributed by atoms with Gasteiger partial charge in [0, 0.05) is 17.7 Å². The van der Waals surface area contributed by atoms with Crippen LogP contribution in [0.2, 0.25) is 0 Å². The lowest BCUT2D eigenvalue weighted by atomic mass is 9.79. The molecule has 5 heteroatoms. The van der Waals surface area contributed by atoms with Gasteiger partial charge in [0.2, 0.25) is 0 Å². The topological polar surface area (TPSA) is 71.3 Å². The minimum absolute atomic E-state index is 0.117. The van der Waals surface area contributed by atoms with Gasteiger partial charge in [-0.2, -0.15) is 0 Å². The molecule has 2 amide bonds. The first-order valence-corrected chi connectivity index (χ1v) is 10.7. The molecule has 1 heterocycles. The molecule has 0 fully saturated rings. The molecular weight excluding hydrogens is 400 g/mol. The van der Waals surface area contributed by atoms with Crippen LogP contribution in [0.25, 0.3) is 6.08 Å². The largest absolute Gasteiger partial charge is 0.465 e. The zero-order valence-corrected chi connectivity index (χ0v) is 19.0. The first kappa shape index (κ1) is 23.1. The van der Waals surface area contributed by atoms with Crippen molar-refractivity contribution in [3.63, 3.8) is 0 Å². The lowest BCUT2D eigenvalue weighted by Crippen LogP contribution is -2.41. The van der Waals surface area contributed by atoms with Crippen LogP contribution in [-0.4, -0.2) is 17.9 Å². The van der Waals surface area contributed by atoms with E-state index in [-0.39, 0.29) is 29.0 Å². The molecule has 2 aromatic carbocycles. The number of aryl methyl sites for hydroxylation is 1. The van der Waals surface area contributed by atoms with Crippen molar-refractivity contribution >= 4 is 17.9 Å². The predicted molar refractivity (Wildman–Crippen MR) is 127 cm³/mol. The third-order valence-corrected chi connectivity index (χ3v) is 5.39. The zero-order valence-electron chi connectivity index (χ0n) is 19.0. The van der Waals surface area contributed by atoms with Crippen molar-refractivity contribution in [3.8, 4) is 0 Å². The van der Waals surface area contributed by atoms with Crippen molar-refractivity contribution in [3.05, 3.63) is 101 Å². The maximum atomic E-state index is 13.1. The maximum absolute atomic E-state index is 13.1. The monoisotopic (exact) mass is 430 g/mol. The fourth-order valence-electron chi connectivity index (χ4n) is 3.70. The summed E-state index contributed by atoms with van der Waals surface area (Å²) in [6.45, 7) is 8.23. The second-order valence-electron chi connectivity index (χ2n) is 8.72. The predicted octanol–water partition coefficient (Wildman–Crippen LogP) is 5.23. The minimum Gasteiger partial charge on any atom is -0.465 e. The van der Waals surface area contributed by atoms with Gasteiger partial charge in [-0.15, -0.1) is 0 Å². The average Bonchev–Trinajstić information content (AvgIpc) is 3.27. The molecule has 0 bridgehead atoms. The van der Waals surface area contributed by atoms with E-state index in [0.29, 0.717) is 11.3 Å². The van der Waals surface area contributed by atoms with Gasteiger partial charge in [-0.05, 0) is 55.5 Å². The van der Waals surface area contributed by atoms with Crippen molar-refractivity contribution in [1.29, 1.82) is 0 Å². The first-order valence-electron chi connectivity index (χ1n) is 10.7. The van der Waals surface area contributed by atoms with Crippen molar-refractivity contribution in [1.82, 2.24) is 10.6 Å². The Morgan fingerprint density at radius 2 is 1.69 bits per heavy atom. The van der Waals surface area contributed by atoms with E-state index >= 15 is 0 Å². The van der Waals surface area contributed by atoms with E-state index in [9.17, 15) is 9.59 Å². The molecule has 0 saturated carbocycles. The van der Waals surface area contributed by atoms with Crippen molar-refractivity contribution in [2.45, 2.75) is 45.6 Å². The number of hydrogen-bond acceptors (Lipinski definition) is 3. The van der Waals surface area contributed by atoms with E-state index < -0.39 is 0 Å². The highest BCUT2D eigenvalue weighted by molar-refractivity contribution is 6.05. The summed E-state index contributed by atoms with van der Waals surface area (Å²) in [5, 5.41) is 5.76. The Morgan fingerprint density at radius 3 is 2.31 bits per heavy atom. The fourth-order valence-corrected chi connectivity index (χ4v) is 3.70. The van der Waals surface area contributed by atoms with Gasteiger partial charge in [0.05, 0.1) is 6.26 Å². The van der Waals surface area contributed by atoms with E-state index in [4.69, 9.17) is 4.42 Å². The molecular formula is C27H30N2O3. The average molecular weight is 431 g/mol. The van der Waals surface area contributed by atoms with Gasteiger partial charge in [0.1, 0.15) is 11.5 Å². The molecule has 2 N–H and O–H groups in total. The van der Waals surface area contributed by atoms with Gasteiger partial charge in [-0.1, -0.05) is 61.9 Å². The summed E-state index contributed by atoms with van der Waals surface area (Å²) in [7, 11) is 0. The molecule has 5 nitrogen and oxygen atoms in total. The Morgan fingerprint density at radius 1 is 1.00 bits per heavy atom. The summed E-state index contributed by atoms with van der Waals surface area (Å²) in [6.07, 6.45) is 3.80. The third-order valence-electron chi connectivity index (χ3n) is 5.39. The highest BCUT2D eigenvalue weighted by Gasteiger charge is 2.25. The molecule has 3 rings (SSSR count). The number of furan rings is 1. The van der Waals surface area contributed by atoms with Crippen molar-refractivity contribution in [2.75, 3.05) is 0 Å². The zero-order chi connectivity index (χ0) is 23.1. The highest BCUT2D eigenvalue weighted by atomic mass is 16.3. The molecule has 0 aliphatic heterocycles. The normalized spacial score (nSPS) is 12.8. The maximum Gasteiger partial charge on any atom is 0.268 e. The summed E-state index contributed by atoms with van der Waals surface area (Å²) in [5.41, 5.74) is 2.76. The Bertz CT molecular complexity index is 1070. The van der Waals surface area contributed by atoms with Crippen LogP contribution in [0.1, 0.15) is 54.4 Å². The van der Waals surface area contributed by atoms with E-state index in [1.807, 2.05) is 44.2 Å². The molecule has 1 atom stereocenters. The summed E-state index contributed by atoms with van der Waals surface area (Å²) >= 11 is 0. The smallest absolute Gasteiger partial charge is 0.268 e. The third kappa shape index (κ3) is 6.20.